The number of hydrogen-bond acceptors (Lipinski definition) is 6. The van der Waals surface area contributed by atoms with Gasteiger partial charge in [0.1, 0.15) is 25.2 Å². The molecule has 4 amide bonds. The molecule has 4 N–H and O–H groups in total. The van der Waals surface area contributed by atoms with E-state index in [1.165, 1.54) is 6.92 Å². The van der Waals surface area contributed by atoms with Crippen molar-refractivity contribution in [2.75, 3.05) is 26.2 Å². The van der Waals surface area contributed by atoms with Gasteiger partial charge in [0.05, 0.1) is 0 Å². The van der Waals surface area contributed by atoms with E-state index >= 15 is 0 Å². The first kappa shape index (κ1) is 30.5. The third-order valence-electron chi connectivity index (χ3n) is 7.79. The largest absolute Gasteiger partial charge is 0.480 e. The number of alkyl carbamates (subject to hydrolysis) is 1. The fourth-order valence-corrected chi connectivity index (χ4v) is 5.61. The summed E-state index contributed by atoms with van der Waals surface area (Å²) in [6, 6.07) is 14.0. The molecule has 0 radical (unpaired) electrons. The summed E-state index contributed by atoms with van der Waals surface area (Å²) in [7, 11) is 0. The van der Waals surface area contributed by atoms with Gasteiger partial charge in [0.25, 0.3) is 0 Å². The average Bonchev–Trinajstić information content (AvgIpc) is 3.30. The number of carbonyl (C=O) groups is 5. The molecule has 2 atom stereocenters. The second-order valence-electron chi connectivity index (χ2n) is 10.7. The van der Waals surface area contributed by atoms with Crippen LogP contribution in [0.2, 0.25) is 0 Å². The van der Waals surface area contributed by atoms with Crippen molar-refractivity contribution in [3.8, 4) is 11.1 Å². The van der Waals surface area contributed by atoms with E-state index in [1.807, 2.05) is 48.5 Å². The molecule has 4 rings (SSSR count). The standard InChI is InChI=1S/C31H38N4O7/c1-20(36)35-16-8-6-14-26(29(39)32-18-28(37)38)33-30(40)27(15-7-9-17-35)34-31(41)42-19-25-23-12-4-2-10-21(23)22-11-3-5-13-24(22)25/h2-5,10-13,25-27H,6-9,14-19H2,1H3,(H,32,39)(H,33,40)(H,34,41)(H,37,38)/t26-,27-/m0/s1. The maximum absolute atomic E-state index is 13.3. The summed E-state index contributed by atoms with van der Waals surface area (Å²) >= 11 is 0. The molecule has 0 bridgehead atoms. The zero-order valence-electron chi connectivity index (χ0n) is 23.8. The van der Waals surface area contributed by atoms with Crippen LogP contribution in [0.5, 0.6) is 0 Å². The van der Waals surface area contributed by atoms with Gasteiger partial charge < -0.3 is 30.7 Å². The minimum absolute atomic E-state index is 0.0527. The van der Waals surface area contributed by atoms with Crippen LogP contribution in [0.4, 0.5) is 4.79 Å². The molecule has 224 valence electrons. The van der Waals surface area contributed by atoms with Crippen LogP contribution in [0.1, 0.15) is 62.5 Å². The Morgan fingerprint density at radius 1 is 0.929 bits per heavy atom. The van der Waals surface area contributed by atoms with E-state index in [4.69, 9.17) is 9.84 Å². The number of amides is 4. The topological polar surface area (TPSA) is 154 Å². The smallest absolute Gasteiger partial charge is 0.407 e. The van der Waals surface area contributed by atoms with Crippen molar-refractivity contribution in [1.82, 2.24) is 20.9 Å². The van der Waals surface area contributed by atoms with Crippen molar-refractivity contribution >= 4 is 29.8 Å². The fraction of sp³-hybridized carbons (Fsp3) is 0.452. The molecule has 1 saturated heterocycles. The molecule has 0 spiro atoms. The van der Waals surface area contributed by atoms with E-state index in [0.29, 0.717) is 38.8 Å². The molecule has 11 nitrogen and oxygen atoms in total. The second-order valence-corrected chi connectivity index (χ2v) is 10.7. The zero-order valence-corrected chi connectivity index (χ0v) is 23.8. The number of carbonyl (C=O) groups excluding carboxylic acids is 4. The van der Waals surface area contributed by atoms with Gasteiger partial charge in [-0.25, -0.2) is 4.79 Å². The Morgan fingerprint density at radius 2 is 1.52 bits per heavy atom. The highest BCUT2D eigenvalue weighted by atomic mass is 16.5. The van der Waals surface area contributed by atoms with Gasteiger partial charge in [-0.05, 0) is 60.8 Å². The lowest BCUT2D eigenvalue weighted by molar-refractivity contribution is -0.138. The third-order valence-corrected chi connectivity index (χ3v) is 7.79. The Balaban J connectivity index is 1.44. The van der Waals surface area contributed by atoms with Gasteiger partial charge in [0, 0.05) is 25.9 Å². The molecule has 42 heavy (non-hydrogen) atoms. The van der Waals surface area contributed by atoms with Crippen LogP contribution in [0.3, 0.4) is 0 Å². The Labute approximate surface area is 245 Å². The Hall–Kier alpha value is -4.41. The normalized spacial score (nSPS) is 19.5. The molecular formula is C31H38N4O7. The number of carboxylic acid groups (broad SMARTS) is 1. The first-order chi connectivity index (χ1) is 20.2. The number of benzene rings is 2. The molecule has 1 heterocycles. The molecule has 11 heteroatoms. The Kier molecular flexibility index (Phi) is 10.5. The second kappa shape index (κ2) is 14.5. The predicted octanol–water partition coefficient (Wildman–Crippen LogP) is 2.78. The van der Waals surface area contributed by atoms with Crippen LogP contribution in [-0.4, -0.2) is 78.1 Å². The number of ether oxygens (including phenoxy) is 1. The van der Waals surface area contributed by atoms with Gasteiger partial charge in [-0.3, -0.25) is 19.2 Å². The lowest BCUT2D eigenvalue weighted by atomic mass is 9.98. The van der Waals surface area contributed by atoms with Crippen molar-refractivity contribution in [3.63, 3.8) is 0 Å². The number of rotatable bonds is 6. The number of carboxylic acids is 1. The summed E-state index contributed by atoms with van der Waals surface area (Å²) in [5.74, 6) is -2.57. The molecule has 1 aliphatic carbocycles. The van der Waals surface area contributed by atoms with Crippen LogP contribution in [0.25, 0.3) is 11.1 Å². The van der Waals surface area contributed by atoms with Crippen molar-refractivity contribution in [2.24, 2.45) is 0 Å². The predicted molar refractivity (Wildman–Crippen MR) is 155 cm³/mol. The monoisotopic (exact) mass is 578 g/mol. The van der Waals surface area contributed by atoms with Crippen LogP contribution >= 0.6 is 0 Å². The third kappa shape index (κ3) is 7.86. The van der Waals surface area contributed by atoms with Crippen LogP contribution < -0.4 is 16.0 Å². The van der Waals surface area contributed by atoms with E-state index in [1.54, 1.807) is 4.90 Å². The van der Waals surface area contributed by atoms with Gasteiger partial charge in [0.15, 0.2) is 0 Å². The van der Waals surface area contributed by atoms with E-state index < -0.39 is 42.5 Å². The summed E-state index contributed by atoms with van der Waals surface area (Å²) < 4.78 is 5.64. The molecular weight excluding hydrogens is 540 g/mol. The van der Waals surface area contributed by atoms with E-state index in [2.05, 4.69) is 16.0 Å². The molecule has 2 aliphatic rings. The quantitative estimate of drug-likeness (QED) is 0.411. The minimum atomic E-state index is -1.20. The summed E-state index contributed by atoms with van der Waals surface area (Å²) in [4.78, 5) is 63.8. The van der Waals surface area contributed by atoms with Crippen molar-refractivity contribution in [3.05, 3.63) is 59.7 Å². The van der Waals surface area contributed by atoms with Crippen molar-refractivity contribution in [2.45, 2.75) is 63.5 Å². The summed E-state index contributed by atoms with van der Waals surface area (Å²) in [5.41, 5.74) is 4.33. The molecule has 1 fully saturated rings. The first-order valence-corrected chi connectivity index (χ1v) is 14.4. The number of hydrogen-bond donors (Lipinski definition) is 4. The van der Waals surface area contributed by atoms with Gasteiger partial charge in [-0.15, -0.1) is 0 Å². The number of nitrogens with one attached hydrogen (secondary N) is 3. The van der Waals surface area contributed by atoms with Gasteiger partial charge in [-0.1, -0.05) is 48.5 Å². The van der Waals surface area contributed by atoms with Gasteiger partial charge >= 0.3 is 12.1 Å². The summed E-state index contributed by atoms with van der Waals surface area (Å²) in [5, 5.41) is 16.6. The fourth-order valence-electron chi connectivity index (χ4n) is 5.61. The Bertz CT molecular complexity index is 1270. The average molecular weight is 579 g/mol. The number of nitrogens with zero attached hydrogens (tertiary/aromatic N) is 1. The van der Waals surface area contributed by atoms with E-state index in [9.17, 15) is 24.0 Å². The first-order valence-electron chi connectivity index (χ1n) is 14.4. The summed E-state index contributed by atoms with van der Waals surface area (Å²) in [6.07, 6.45) is 2.10. The minimum Gasteiger partial charge on any atom is -0.480 e. The van der Waals surface area contributed by atoms with Crippen LogP contribution in [-0.2, 0) is 23.9 Å². The lowest BCUT2D eigenvalue weighted by Gasteiger charge is -2.23. The number of aliphatic carboxylic acids is 1. The molecule has 2 aromatic carbocycles. The number of fused-ring (bicyclic) bond motifs is 3. The lowest BCUT2D eigenvalue weighted by Crippen LogP contribution is -2.54. The molecule has 0 saturated carbocycles. The molecule has 2 aromatic rings. The molecule has 0 aromatic heterocycles. The van der Waals surface area contributed by atoms with Crippen LogP contribution in [0, 0.1) is 0 Å². The SMILES string of the molecule is CC(=O)N1CCCC[C@H](NC(=O)OCC2c3ccccc3-c3ccccc32)C(=O)N[C@H](C(=O)NCC(=O)O)CCCC1. The molecule has 0 unspecified atom stereocenters. The van der Waals surface area contributed by atoms with Gasteiger partial charge in [0.2, 0.25) is 17.7 Å². The van der Waals surface area contributed by atoms with Crippen molar-refractivity contribution < 1.29 is 33.8 Å². The highest BCUT2D eigenvalue weighted by molar-refractivity contribution is 5.92. The highest BCUT2D eigenvalue weighted by Gasteiger charge is 2.31. The molecule has 1 aliphatic heterocycles. The maximum Gasteiger partial charge on any atom is 0.407 e. The van der Waals surface area contributed by atoms with E-state index in [-0.39, 0.29) is 31.3 Å². The van der Waals surface area contributed by atoms with Gasteiger partial charge in [-0.2, -0.15) is 0 Å². The zero-order chi connectivity index (χ0) is 30.1. The van der Waals surface area contributed by atoms with Crippen molar-refractivity contribution in [1.29, 1.82) is 0 Å². The summed E-state index contributed by atoms with van der Waals surface area (Å²) in [6.45, 7) is 2.06. The van der Waals surface area contributed by atoms with E-state index in [0.717, 1.165) is 22.3 Å². The Morgan fingerprint density at radius 3 is 2.12 bits per heavy atom. The highest BCUT2D eigenvalue weighted by Crippen LogP contribution is 2.44. The maximum atomic E-state index is 13.3. The van der Waals surface area contributed by atoms with Crippen LogP contribution in [0.15, 0.2) is 48.5 Å².